The lowest BCUT2D eigenvalue weighted by Crippen LogP contribution is -2.40. The van der Waals surface area contributed by atoms with E-state index in [-0.39, 0.29) is 24.9 Å². The second kappa shape index (κ2) is 7.49. The molecule has 0 aliphatic rings. The Morgan fingerprint density at radius 3 is 2.50 bits per heavy atom. The molecular formula is C14H22N4O2. The molecule has 1 aromatic carbocycles. The number of anilines is 2. The average Bonchev–Trinajstić information content (AvgIpc) is 2.36. The van der Waals surface area contributed by atoms with Gasteiger partial charge in [0.1, 0.15) is 0 Å². The molecule has 0 aliphatic carbocycles. The SMILES string of the molecule is CC(C)N(CCC(=O)Nc1ccccc1N)CC(N)=O. The number of nitrogens with zero attached hydrogens (tertiary/aromatic N) is 1. The second-order valence-electron chi connectivity index (χ2n) is 4.92. The molecule has 0 bridgehead atoms. The summed E-state index contributed by atoms with van der Waals surface area (Å²) in [6.07, 6.45) is 0.278. The van der Waals surface area contributed by atoms with Crippen molar-refractivity contribution in [3.05, 3.63) is 24.3 Å². The van der Waals surface area contributed by atoms with Crippen LogP contribution in [0.5, 0.6) is 0 Å². The average molecular weight is 278 g/mol. The fourth-order valence-electron chi connectivity index (χ4n) is 1.79. The van der Waals surface area contributed by atoms with Gasteiger partial charge in [-0.1, -0.05) is 12.1 Å². The van der Waals surface area contributed by atoms with E-state index in [0.717, 1.165) is 0 Å². The summed E-state index contributed by atoms with van der Waals surface area (Å²) in [7, 11) is 0. The van der Waals surface area contributed by atoms with Crippen molar-refractivity contribution in [2.75, 3.05) is 24.1 Å². The number of carbonyl (C=O) groups is 2. The van der Waals surface area contributed by atoms with Crippen LogP contribution in [0.25, 0.3) is 0 Å². The summed E-state index contributed by atoms with van der Waals surface area (Å²) in [5, 5.41) is 2.75. The van der Waals surface area contributed by atoms with Crippen molar-refractivity contribution in [1.29, 1.82) is 0 Å². The smallest absolute Gasteiger partial charge is 0.231 e. The molecule has 5 N–H and O–H groups in total. The van der Waals surface area contributed by atoms with Crippen molar-refractivity contribution in [3.63, 3.8) is 0 Å². The van der Waals surface area contributed by atoms with Crippen molar-refractivity contribution in [3.8, 4) is 0 Å². The predicted octanol–water partition coefficient (Wildman–Crippen LogP) is 0.793. The van der Waals surface area contributed by atoms with Crippen molar-refractivity contribution < 1.29 is 9.59 Å². The highest BCUT2D eigenvalue weighted by Crippen LogP contribution is 2.16. The molecule has 6 heteroatoms. The lowest BCUT2D eigenvalue weighted by atomic mass is 10.2. The molecule has 0 spiro atoms. The van der Waals surface area contributed by atoms with Crippen LogP contribution in [0.3, 0.4) is 0 Å². The minimum atomic E-state index is -0.397. The Kier molecular flexibility index (Phi) is 5.99. The molecule has 0 saturated heterocycles. The van der Waals surface area contributed by atoms with Gasteiger partial charge in [-0.15, -0.1) is 0 Å². The molecule has 1 aromatic rings. The minimum Gasteiger partial charge on any atom is -0.397 e. The third-order valence-corrected chi connectivity index (χ3v) is 2.95. The second-order valence-corrected chi connectivity index (χ2v) is 4.92. The van der Waals surface area contributed by atoms with Crippen LogP contribution in [-0.4, -0.2) is 35.8 Å². The van der Waals surface area contributed by atoms with Crippen LogP contribution in [0, 0.1) is 0 Å². The van der Waals surface area contributed by atoms with Gasteiger partial charge in [-0.25, -0.2) is 0 Å². The number of nitrogen functional groups attached to an aromatic ring is 1. The first-order valence-corrected chi connectivity index (χ1v) is 6.57. The number of rotatable bonds is 7. The van der Waals surface area contributed by atoms with Gasteiger partial charge >= 0.3 is 0 Å². The summed E-state index contributed by atoms with van der Waals surface area (Å²) in [5.41, 5.74) is 12.1. The normalized spacial score (nSPS) is 10.8. The van der Waals surface area contributed by atoms with E-state index in [2.05, 4.69) is 5.32 Å². The molecule has 0 radical (unpaired) electrons. The van der Waals surface area contributed by atoms with E-state index >= 15 is 0 Å². The molecule has 0 aliphatic heterocycles. The van der Waals surface area contributed by atoms with Crippen LogP contribution in [0.15, 0.2) is 24.3 Å². The fraction of sp³-hybridized carbons (Fsp3) is 0.429. The number of nitrogens with two attached hydrogens (primary N) is 2. The first-order valence-electron chi connectivity index (χ1n) is 6.57. The molecular weight excluding hydrogens is 256 g/mol. The number of nitrogens with one attached hydrogen (secondary N) is 1. The number of primary amides is 1. The fourth-order valence-corrected chi connectivity index (χ4v) is 1.79. The third-order valence-electron chi connectivity index (χ3n) is 2.95. The van der Waals surface area contributed by atoms with Crippen LogP contribution in [0.1, 0.15) is 20.3 Å². The molecule has 6 nitrogen and oxygen atoms in total. The van der Waals surface area contributed by atoms with Crippen LogP contribution >= 0.6 is 0 Å². The standard InChI is InChI=1S/C14H22N4O2/c1-10(2)18(9-13(16)19)8-7-14(20)17-12-6-4-3-5-11(12)15/h3-6,10H,7-9,15H2,1-2H3,(H2,16,19)(H,17,20). The first-order chi connectivity index (χ1) is 9.40. The third kappa shape index (κ3) is 5.27. The maximum Gasteiger partial charge on any atom is 0.231 e. The van der Waals surface area contributed by atoms with E-state index in [1.165, 1.54) is 0 Å². The molecule has 1 rings (SSSR count). The number of hydrogen-bond acceptors (Lipinski definition) is 4. The van der Waals surface area contributed by atoms with Gasteiger partial charge in [-0.05, 0) is 26.0 Å². The highest BCUT2D eigenvalue weighted by molar-refractivity contribution is 5.93. The zero-order valence-corrected chi connectivity index (χ0v) is 11.9. The maximum atomic E-state index is 11.9. The summed E-state index contributed by atoms with van der Waals surface area (Å²) < 4.78 is 0. The Morgan fingerprint density at radius 2 is 1.95 bits per heavy atom. The Balaban J connectivity index is 2.50. The van der Waals surface area contributed by atoms with Crippen LogP contribution in [-0.2, 0) is 9.59 Å². The highest BCUT2D eigenvalue weighted by Gasteiger charge is 2.14. The number of carbonyl (C=O) groups excluding carboxylic acids is 2. The van der Waals surface area contributed by atoms with Crippen LogP contribution < -0.4 is 16.8 Å². The van der Waals surface area contributed by atoms with Crippen molar-refractivity contribution in [2.24, 2.45) is 5.73 Å². The summed E-state index contributed by atoms with van der Waals surface area (Å²) in [5.74, 6) is -0.538. The molecule has 0 saturated carbocycles. The largest absolute Gasteiger partial charge is 0.397 e. The predicted molar refractivity (Wildman–Crippen MR) is 80.0 cm³/mol. The van der Waals surface area contributed by atoms with E-state index < -0.39 is 5.91 Å². The first kappa shape index (κ1) is 16.0. The topological polar surface area (TPSA) is 101 Å². The number of amides is 2. The van der Waals surface area contributed by atoms with E-state index in [0.29, 0.717) is 17.9 Å². The zero-order chi connectivity index (χ0) is 15.1. The van der Waals surface area contributed by atoms with Gasteiger partial charge in [-0.3, -0.25) is 14.5 Å². The number of benzene rings is 1. The van der Waals surface area contributed by atoms with Crippen molar-refractivity contribution in [2.45, 2.75) is 26.3 Å². The maximum absolute atomic E-state index is 11.9. The Labute approximate surface area is 119 Å². The van der Waals surface area contributed by atoms with Gasteiger partial charge in [0, 0.05) is 19.0 Å². The number of para-hydroxylation sites is 2. The lowest BCUT2D eigenvalue weighted by Gasteiger charge is -2.24. The Bertz CT molecular complexity index is 474. The van der Waals surface area contributed by atoms with Gasteiger partial charge in [0.05, 0.1) is 17.9 Å². The van der Waals surface area contributed by atoms with Gasteiger partial charge in [-0.2, -0.15) is 0 Å². The van der Waals surface area contributed by atoms with Crippen molar-refractivity contribution >= 4 is 23.2 Å². The minimum absolute atomic E-state index is 0.141. The number of hydrogen-bond donors (Lipinski definition) is 3. The molecule has 0 fully saturated rings. The van der Waals surface area contributed by atoms with E-state index in [9.17, 15) is 9.59 Å². The zero-order valence-electron chi connectivity index (χ0n) is 11.9. The summed E-state index contributed by atoms with van der Waals surface area (Å²) >= 11 is 0. The molecule has 0 aromatic heterocycles. The molecule has 0 heterocycles. The molecule has 0 unspecified atom stereocenters. The molecule has 20 heavy (non-hydrogen) atoms. The van der Waals surface area contributed by atoms with E-state index in [1.54, 1.807) is 24.3 Å². The van der Waals surface area contributed by atoms with E-state index in [1.807, 2.05) is 18.7 Å². The summed E-state index contributed by atoms with van der Waals surface area (Å²) in [6, 6.07) is 7.23. The summed E-state index contributed by atoms with van der Waals surface area (Å²) in [6.45, 7) is 4.53. The highest BCUT2D eigenvalue weighted by atomic mass is 16.2. The van der Waals surface area contributed by atoms with Gasteiger partial charge in [0.15, 0.2) is 0 Å². The molecule has 0 atom stereocenters. The van der Waals surface area contributed by atoms with Crippen molar-refractivity contribution in [1.82, 2.24) is 4.90 Å². The van der Waals surface area contributed by atoms with Gasteiger partial charge < -0.3 is 16.8 Å². The Hall–Kier alpha value is -2.08. The Morgan fingerprint density at radius 1 is 1.30 bits per heavy atom. The monoisotopic (exact) mass is 278 g/mol. The lowest BCUT2D eigenvalue weighted by molar-refractivity contribution is -0.121. The quantitative estimate of drug-likeness (QED) is 0.642. The van der Waals surface area contributed by atoms with Crippen LogP contribution in [0.4, 0.5) is 11.4 Å². The van der Waals surface area contributed by atoms with E-state index in [4.69, 9.17) is 11.5 Å². The summed E-state index contributed by atoms with van der Waals surface area (Å²) in [4.78, 5) is 24.7. The molecule has 2 amide bonds. The van der Waals surface area contributed by atoms with Gasteiger partial charge in [0.25, 0.3) is 0 Å². The van der Waals surface area contributed by atoms with Crippen LogP contribution in [0.2, 0.25) is 0 Å². The van der Waals surface area contributed by atoms with Gasteiger partial charge in [0.2, 0.25) is 11.8 Å². The molecule has 110 valence electrons.